The first-order valence-corrected chi connectivity index (χ1v) is 4.60. The summed E-state index contributed by atoms with van der Waals surface area (Å²) in [5.41, 5.74) is 0. The molecule has 1 N–H and O–H groups in total. The van der Waals surface area contributed by atoms with E-state index in [0.29, 0.717) is 19.3 Å². The maximum Gasteiger partial charge on any atom is 0.0700 e. The predicted molar refractivity (Wildman–Crippen MR) is 52.0 cm³/mol. The van der Waals surface area contributed by atoms with Gasteiger partial charge in [0.15, 0.2) is 0 Å². The average Bonchev–Trinajstić information content (AvgIpc) is 2.11. The molecule has 0 aromatic rings. The summed E-state index contributed by atoms with van der Waals surface area (Å²) in [6.45, 7) is 5.72. The van der Waals surface area contributed by atoms with Crippen molar-refractivity contribution >= 4 is 0 Å². The largest absolute Gasteiger partial charge is 0.383 e. The van der Waals surface area contributed by atoms with Gasteiger partial charge in [-0.25, -0.2) is 0 Å². The zero-order valence-electron chi connectivity index (χ0n) is 8.84. The summed E-state index contributed by atoms with van der Waals surface area (Å²) in [7, 11) is 3.37. The predicted octanol–water partition coefficient (Wildman–Crippen LogP) is 0.274. The van der Waals surface area contributed by atoms with E-state index in [-0.39, 0.29) is 0 Å². The molecule has 0 saturated heterocycles. The van der Waals surface area contributed by atoms with Crippen LogP contribution in [0.25, 0.3) is 0 Å². The van der Waals surface area contributed by atoms with E-state index in [2.05, 4.69) is 12.2 Å². The minimum absolute atomic E-state index is 0.385. The first kappa shape index (κ1) is 12.8. The van der Waals surface area contributed by atoms with Gasteiger partial charge in [0.25, 0.3) is 0 Å². The lowest BCUT2D eigenvalue weighted by atomic mass is 10.3. The van der Waals surface area contributed by atoms with Crippen molar-refractivity contribution in [3.63, 3.8) is 0 Å². The topological polar surface area (TPSA) is 39.7 Å². The third-order valence-corrected chi connectivity index (χ3v) is 1.59. The van der Waals surface area contributed by atoms with Crippen LogP contribution < -0.4 is 5.32 Å². The summed E-state index contributed by atoms with van der Waals surface area (Å²) < 4.78 is 15.1. The summed E-state index contributed by atoms with van der Waals surface area (Å²) in [4.78, 5) is 0. The maximum absolute atomic E-state index is 5.27. The van der Waals surface area contributed by atoms with Gasteiger partial charge in [0, 0.05) is 26.8 Å². The molecular formula is C9H21NO3. The minimum atomic E-state index is 0.385. The monoisotopic (exact) mass is 191 g/mol. The fourth-order valence-electron chi connectivity index (χ4n) is 0.931. The number of ether oxygens (including phenoxy) is 3. The number of hydrogen-bond acceptors (Lipinski definition) is 4. The van der Waals surface area contributed by atoms with Gasteiger partial charge in [-0.3, -0.25) is 0 Å². The van der Waals surface area contributed by atoms with E-state index in [1.807, 2.05) is 0 Å². The van der Waals surface area contributed by atoms with Gasteiger partial charge in [-0.1, -0.05) is 0 Å². The van der Waals surface area contributed by atoms with E-state index in [9.17, 15) is 0 Å². The second kappa shape index (κ2) is 9.92. The molecule has 4 heteroatoms. The lowest BCUT2D eigenvalue weighted by molar-refractivity contribution is 0.0696. The Balaban J connectivity index is 2.97. The Hall–Kier alpha value is -0.160. The van der Waals surface area contributed by atoms with E-state index in [4.69, 9.17) is 14.2 Å². The van der Waals surface area contributed by atoms with Crippen LogP contribution in [0.1, 0.15) is 6.92 Å². The molecule has 1 unspecified atom stereocenters. The Morgan fingerprint density at radius 2 is 1.85 bits per heavy atom. The molecule has 0 bridgehead atoms. The molecule has 0 aliphatic carbocycles. The van der Waals surface area contributed by atoms with Gasteiger partial charge in [-0.2, -0.15) is 0 Å². The van der Waals surface area contributed by atoms with Crippen molar-refractivity contribution in [3.8, 4) is 0 Å². The van der Waals surface area contributed by atoms with Gasteiger partial charge in [0.2, 0.25) is 0 Å². The molecule has 4 nitrogen and oxygen atoms in total. The first-order chi connectivity index (χ1) is 6.31. The second-order valence-corrected chi connectivity index (χ2v) is 2.92. The number of rotatable bonds is 9. The zero-order chi connectivity index (χ0) is 9.94. The van der Waals surface area contributed by atoms with Crippen molar-refractivity contribution in [1.29, 1.82) is 0 Å². The Labute approximate surface area is 80.5 Å². The maximum atomic E-state index is 5.27. The fourth-order valence-corrected chi connectivity index (χ4v) is 0.931. The highest BCUT2D eigenvalue weighted by Crippen LogP contribution is 1.81. The summed E-state index contributed by atoms with van der Waals surface area (Å²) >= 11 is 0. The van der Waals surface area contributed by atoms with Crippen LogP contribution in [0.5, 0.6) is 0 Å². The molecule has 0 spiro atoms. The van der Waals surface area contributed by atoms with Crippen LogP contribution in [0.4, 0.5) is 0 Å². The van der Waals surface area contributed by atoms with Crippen molar-refractivity contribution in [2.24, 2.45) is 0 Å². The van der Waals surface area contributed by atoms with Crippen LogP contribution in [0.2, 0.25) is 0 Å². The highest BCUT2D eigenvalue weighted by atomic mass is 16.5. The van der Waals surface area contributed by atoms with E-state index < -0.39 is 0 Å². The second-order valence-electron chi connectivity index (χ2n) is 2.92. The molecular weight excluding hydrogens is 170 g/mol. The van der Waals surface area contributed by atoms with E-state index in [0.717, 1.165) is 19.8 Å². The Bertz CT molecular complexity index is 101. The third kappa shape index (κ3) is 9.76. The fraction of sp³-hybridized carbons (Fsp3) is 1.00. The van der Waals surface area contributed by atoms with E-state index in [1.165, 1.54) is 0 Å². The summed E-state index contributed by atoms with van der Waals surface area (Å²) in [5.74, 6) is 0. The van der Waals surface area contributed by atoms with Crippen molar-refractivity contribution < 1.29 is 14.2 Å². The molecule has 13 heavy (non-hydrogen) atoms. The van der Waals surface area contributed by atoms with E-state index >= 15 is 0 Å². The Morgan fingerprint density at radius 1 is 1.08 bits per heavy atom. The lowest BCUT2D eigenvalue weighted by Gasteiger charge is -2.12. The van der Waals surface area contributed by atoms with Gasteiger partial charge in [0.05, 0.1) is 26.4 Å². The Kier molecular flexibility index (Phi) is 9.80. The molecule has 0 aliphatic rings. The molecule has 0 rings (SSSR count). The van der Waals surface area contributed by atoms with Crippen LogP contribution >= 0.6 is 0 Å². The SMILES string of the molecule is COCCOCCNC(C)COC. The summed E-state index contributed by atoms with van der Waals surface area (Å²) in [5, 5.41) is 3.27. The standard InChI is InChI=1S/C9H21NO3/c1-9(8-12-3)10-4-5-13-7-6-11-2/h9-10H,4-8H2,1-3H3. The van der Waals surface area contributed by atoms with Gasteiger partial charge in [0.1, 0.15) is 0 Å². The molecule has 0 aliphatic heterocycles. The molecule has 80 valence electrons. The van der Waals surface area contributed by atoms with Gasteiger partial charge < -0.3 is 19.5 Å². The average molecular weight is 191 g/mol. The Morgan fingerprint density at radius 3 is 2.46 bits per heavy atom. The van der Waals surface area contributed by atoms with Crippen molar-refractivity contribution in [3.05, 3.63) is 0 Å². The van der Waals surface area contributed by atoms with Crippen LogP contribution in [0.15, 0.2) is 0 Å². The summed E-state index contributed by atoms with van der Waals surface area (Å²) in [6, 6.07) is 0.385. The van der Waals surface area contributed by atoms with Crippen LogP contribution in [-0.2, 0) is 14.2 Å². The molecule has 0 aromatic heterocycles. The molecule has 0 heterocycles. The first-order valence-electron chi connectivity index (χ1n) is 4.60. The smallest absolute Gasteiger partial charge is 0.0700 e. The highest BCUT2D eigenvalue weighted by molar-refractivity contribution is 4.57. The molecule has 0 radical (unpaired) electrons. The van der Waals surface area contributed by atoms with Gasteiger partial charge in [-0.15, -0.1) is 0 Å². The van der Waals surface area contributed by atoms with Crippen LogP contribution in [0, 0.1) is 0 Å². The van der Waals surface area contributed by atoms with Gasteiger partial charge in [-0.05, 0) is 6.92 Å². The highest BCUT2D eigenvalue weighted by Gasteiger charge is 1.98. The number of nitrogens with one attached hydrogen (secondary N) is 1. The minimum Gasteiger partial charge on any atom is -0.383 e. The van der Waals surface area contributed by atoms with E-state index in [1.54, 1.807) is 14.2 Å². The zero-order valence-corrected chi connectivity index (χ0v) is 8.84. The summed E-state index contributed by atoms with van der Waals surface area (Å²) in [6.07, 6.45) is 0. The normalized spacial score (nSPS) is 13.2. The molecule has 0 aromatic carbocycles. The van der Waals surface area contributed by atoms with Gasteiger partial charge >= 0.3 is 0 Å². The molecule has 1 atom stereocenters. The molecule has 0 saturated carbocycles. The molecule has 0 fully saturated rings. The van der Waals surface area contributed by atoms with Crippen molar-refractivity contribution in [2.75, 3.05) is 47.2 Å². The quantitative estimate of drug-likeness (QED) is 0.531. The van der Waals surface area contributed by atoms with Crippen LogP contribution in [-0.4, -0.2) is 53.2 Å². The number of methoxy groups -OCH3 is 2. The van der Waals surface area contributed by atoms with Crippen molar-refractivity contribution in [2.45, 2.75) is 13.0 Å². The number of hydrogen-bond donors (Lipinski definition) is 1. The van der Waals surface area contributed by atoms with Crippen molar-refractivity contribution in [1.82, 2.24) is 5.32 Å². The molecule has 0 amide bonds. The van der Waals surface area contributed by atoms with Crippen LogP contribution in [0.3, 0.4) is 0 Å². The third-order valence-electron chi connectivity index (χ3n) is 1.59. The lowest BCUT2D eigenvalue weighted by Crippen LogP contribution is -2.33.